The highest BCUT2D eigenvalue weighted by atomic mass is 19.1. The Kier molecular flexibility index (Phi) is 3.58. The van der Waals surface area contributed by atoms with Crippen molar-refractivity contribution >= 4 is 17.2 Å². The van der Waals surface area contributed by atoms with Crippen LogP contribution in [0.1, 0.15) is 12.6 Å². The summed E-state index contributed by atoms with van der Waals surface area (Å²) >= 11 is 0. The zero-order valence-electron chi connectivity index (χ0n) is 11.8. The average molecular weight is 284 g/mol. The third kappa shape index (κ3) is 2.25. The Hall–Kier alpha value is -2.40. The predicted molar refractivity (Wildman–Crippen MR) is 82.2 cm³/mol. The monoisotopic (exact) mass is 284 g/mol. The molecule has 3 rings (SSSR count). The Labute approximate surface area is 122 Å². The van der Waals surface area contributed by atoms with Gasteiger partial charge < -0.3 is 15.0 Å². The molecule has 21 heavy (non-hydrogen) atoms. The first-order valence-corrected chi connectivity index (χ1v) is 6.94. The molecule has 0 saturated carbocycles. The fourth-order valence-electron chi connectivity index (χ4n) is 2.54. The lowest BCUT2D eigenvalue weighted by atomic mass is 10.2. The van der Waals surface area contributed by atoms with E-state index in [4.69, 9.17) is 5.73 Å². The van der Waals surface area contributed by atoms with Gasteiger partial charge in [0, 0.05) is 19.3 Å². The molecule has 1 aromatic carbocycles. The molecular formula is C16H17FN4. The first-order valence-electron chi connectivity index (χ1n) is 6.94. The number of aromatic nitrogens is 2. The van der Waals surface area contributed by atoms with Gasteiger partial charge in [0.05, 0.1) is 11.4 Å². The summed E-state index contributed by atoms with van der Waals surface area (Å²) in [5, 5.41) is 0. The summed E-state index contributed by atoms with van der Waals surface area (Å²) in [5.41, 5.74) is 8.08. The Balaban J connectivity index is 2.20. The summed E-state index contributed by atoms with van der Waals surface area (Å²) in [6.07, 6.45) is 1.92. The molecule has 0 amide bonds. The summed E-state index contributed by atoms with van der Waals surface area (Å²) in [5.74, 6) is 0.440. The van der Waals surface area contributed by atoms with Gasteiger partial charge in [0.2, 0.25) is 0 Å². The highest BCUT2D eigenvalue weighted by molar-refractivity contribution is 5.66. The SMILES string of the molecule is CCN(c1ccccc1F)c1nc2ccccn2c1CN. The van der Waals surface area contributed by atoms with Crippen molar-refractivity contribution in [2.45, 2.75) is 13.5 Å². The summed E-state index contributed by atoms with van der Waals surface area (Å²) in [6, 6.07) is 12.5. The molecule has 0 spiro atoms. The molecule has 2 heterocycles. The molecule has 4 nitrogen and oxygen atoms in total. The molecule has 0 aliphatic heterocycles. The highest BCUT2D eigenvalue weighted by Gasteiger charge is 2.19. The Bertz CT molecular complexity index is 766. The molecule has 108 valence electrons. The standard InChI is InChI=1S/C16H17FN4/c1-2-20(13-8-4-3-7-12(13)17)16-14(11-18)21-10-6-5-9-15(21)19-16/h3-10H,2,11,18H2,1H3. The van der Waals surface area contributed by atoms with Gasteiger partial charge in [0.25, 0.3) is 0 Å². The quantitative estimate of drug-likeness (QED) is 0.801. The molecule has 5 heteroatoms. The summed E-state index contributed by atoms with van der Waals surface area (Å²) in [7, 11) is 0. The largest absolute Gasteiger partial charge is 0.325 e. The van der Waals surface area contributed by atoms with Gasteiger partial charge in [-0.1, -0.05) is 18.2 Å². The van der Waals surface area contributed by atoms with Crippen molar-refractivity contribution in [1.29, 1.82) is 0 Å². The molecule has 0 aliphatic rings. The van der Waals surface area contributed by atoms with Gasteiger partial charge in [-0.3, -0.25) is 0 Å². The maximum absolute atomic E-state index is 14.1. The van der Waals surface area contributed by atoms with Crippen LogP contribution in [-0.2, 0) is 6.54 Å². The van der Waals surface area contributed by atoms with Crippen molar-refractivity contribution in [3.63, 3.8) is 0 Å². The van der Waals surface area contributed by atoms with Crippen LogP contribution in [-0.4, -0.2) is 15.9 Å². The number of nitrogens with two attached hydrogens (primary N) is 1. The van der Waals surface area contributed by atoms with Crippen molar-refractivity contribution in [2.75, 3.05) is 11.4 Å². The van der Waals surface area contributed by atoms with Crippen LogP contribution >= 0.6 is 0 Å². The number of halogens is 1. The zero-order valence-corrected chi connectivity index (χ0v) is 11.8. The number of anilines is 2. The maximum Gasteiger partial charge on any atom is 0.156 e. The molecule has 0 fully saturated rings. The van der Waals surface area contributed by atoms with Gasteiger partial charge in [-0.2, -0.15) is 0 Å². The number of pyridine rings is 1. The molecule has 0 aliphatic carbocycles. The normalized spacial score (nSPS) is 11.0. The number of para-hydroxylation sites is 1. The smallest absolute Gasteiger partial charge is 0.156 e. The highest BCUT2D eigenvalue weighted by Crippen LogP contribution is 2.30. The number of fused-ring (bicyclic) bond motifs is 1. The summed E-state index contributed by atoms with van der Waals surface area (Å²) in [6.45, 7) is 2.92. The Morgan fingerprint density at radius 2 is 1.95 bits per heavy atom. The minimum atomic E-state index is -0.264. The van der Waals surface area contributed by atoms with Crippen molar-refractivity contribution in [2.24, 2.45) is 5.73 Å². The Morgan fingerprint density at radius 1 is 1.19 bits per heavy atom. The van der Waals surface area contributed by atoms with E-state index in [2.05, 4.69) is 4.98 Å². The molecule has 0 saturated heterocycles. The van der Waals surface area contributed by atoms with Crippen LogP contribution in [0.25, 0.3) is 5.65 Å². The zero-order chi connectivity index (χ0) is 14.8. The lowest BCUT2D eigenvalue weighted by Crippen LogP contribution is -2.20. The number of hydrogen-bond donors (Lipinski definition) is 1. The Morgan fingerprint density at radius 3 is 2.67 bits per heavy atom. The van der Waals surface area contributed by atoms with Gasteiger partial charge in [0.1, 0.15) is 11.5 Å². The van der Waals surface area contributed by atoms with Gasteiger partial charge in [-0.15, -0.1) is 0 Å². The van der Waals surface area contributed by atoms with E-state index >= 15 is 0 Å². The maximum atomic E-state index is 14.1. The van der Waals surface area contributed by atoms with E-state index in [1.807, 2.05) is 46.7 Å². The first-order chi connectivity index (χ1) is 10.3. The van der Waals surface area contributed by atoms with Crippen LogP contribution in [0.2, 0.25) is 0 Å². The molecule has 0 bridgehead atoms. The summed E-state index contributed by atoms with van der Waals surface area (Å²) < 4.78 is 16.0. The van der Waals surface area contributed by atoms with E-state index in [-0.39, 0.29) is 5.82 Å². The van der Waals surface area contributed by atoms with Crippen molar-refractivity contribution in [3.8, 4) is 0 Å². The van der Waals surface area contributed by atoms with E-state index < -0.39 is 0 Å². The molecule has 0 radical (unpaired) electrons. The lowest BCUT2D eigenvalue weighted by molar-refractivity contribution is 0.625. The summed E-state index contributed by atoms with van der Waals surface area (Å²) in [4.78, 5) is 6.47. The minimum absolute atomic E-state index is 0.264. The molecule has 3 aromatic rings. The molecule has 2 N–H and O–H groups in total. The lowest BCUT2D eigenvalue weighted by Gasteiger charge is -2.22. The average Bonchev–Trinajstić information content (AvgIpc) is 2.88. The number of hydrogen-bond acceptors (Lipinski definition) is 3. The fourth-order valence-corrected chi connectivity index (χ4v) is 2.54. The predicted octanol–water partition coefficient (Wildman–Crippen LogP) is 3.09. The van der Waals surface area contributed by atoms with Crippen molar-refractivity contribution < 1.29 is 4.39 Å². The molecule has 2 aromatic heterocycles. The van der Waals surface area contributed by atoms with E-state index in [1.165, 1.54) is 6.07 Å². The fraction of sp³-hybridized carbons (Fsp3) is 0.188. The van der Waals surface area contributed by atoms with Gasteiger partial charge in [-0.25, -0.2) is 9.37 Å². The van der Waals surface area contributed by atoms with Crippen molar-refractivity contribution in [3.05, 3.63) is 60.2 Å². The number of rotatable bonds is 4. The van der Waals surface area contributed by atoms with Crippen LogP contribution in [0.15, 0.2) is 48.7 Å². The van der Waals surface area contributed by atoms with E-state index in [1.54, 1.807) is 12.1 Å². The topological polar surface area (TPSA) is 46.6 Å². The van der Waals surface area contributed by atoms with Gasteiger partial charge in [0.15, 0.2) is 5.82 Å². The van der Waals surface area contributed by atoms with Gasteiger partial charge in [-0.05, 0) is 31.2 Å². The third-order valence-corrected chi connectivity index (χ3v) is 3.52. The van der Waals surface area contributed by atoms with Crippen molar-refractivity contribution in [1.82, 2.24) is 9.38 Å². The van der Waals surface area contributed by atoms with E-state index in [0.29, 0.717) is 24.6 Å². The van der Waals surface area contributed by atoms with Gasteiger partial charge >= 0.3 is 0 Å². The number of imidazole rings is 1. The van der Waals surface area contributed by atoms with Crippen LogP contribution in [0.4, 0.5) is 15.9 Å². The van der Waals surface area contributed by atoms with Crippen LogP contribution < -0.4 is 10.6 Å². The van der Waals surface area contributed by atoms with E-state index in [9.17, 15) is 4.39 Å². The van der Waals surface area contributed by atoms with Crippen LogP contribution in [0, 0.1) is 5.82 Å². The molecule has 0 unspecified atom stereocenters. The number of nitrogens with zero attached hydrogens (tertiary/aromatic N) is 3. The number of benzene rings is 1. The second kappa shape index (κ2) is 5.54. The second-order valence-corrected chi connectivity index (χ2v) is 4.71. The van der Waals surface area contributed by atoms with Crippen LogP contribution in [0.3, 0.4) is 0 Å². The molecule has 0 atom stereocenters. The first kappa shape index (κ1) is 13.6. The molecular weight excluding hydrogens is 267 g/mol. The van der Waals surface area contributed by atoms with E-state index in [0.717, 1.165) is 11.3 Å². The second-order valence-electron chi connectivity index (χ2n) is 4.71. The minimum Gasteiger partial charge on any atom is -0.325 e. The third-order valence-electron chi connectivity index (χ3n) is 3.52. The van der Waals surface area contributed by atoms with Crippen LogP contribution in [0.5, 0.6) is 0 Å².